The molecule has 126 valence electrons. The Morgan fingerprint density at radius 2 is 1.52 bits per heavy atom. The van der Waals surface area contributed by atoms with Crippen LogP contribution in [0.5, 0.6) is 5.75 Å². The van der Waals surface area contributed by atoms with E-state index in [1.807, 2.05) is 0 Å². The van der Waals surface area contributed by atoms with Crippen LogP contribution < -0.4 is 4.74 Å². The van der Waals surface area contributed by atoms with Gasteiger partial charge in [-0.2, -0.15) is 0 Å². The fourth-order valence-corrected chi connectivity index (χ4v) is 5.78. The Balaban J connectivity index is 1.26. The molecule has 0 unspecified atom stereocenters. The summed E-state index contributed by atoms with van der Waals surface area (Å²) in [7, 11) is 0. The molecule has 0 saturated heterocycles. The van der Waals surface area contributed by atoms with Crippen molar-refractivity contribution in [3.63, 3.8) is 0 Å². The molecule has 0 aromatic heterocycles. The summed E-state index contributed by atoms with van der Waals surface area (Å²) in [6, 6.07) is 8.42. The van der Waals surface area contributed by atoms with Crippen molar-refractivity contribution in [2.45, 2.75) is 58.3 Å². The molecule has 4 saturated carbocycles. The minimum atomic E-state index is 0.392. The second-order valence-corrected chi connectivity index (χ2v) is 8.75. The summed E-state index contributed by atoms with van der Waals surface area (Å²) in [5.74, 6) is 4.47. The molecule has 4 aliphatic carbocycles. The fourth-order valence-electron chi connectivity index (χ4n) is 5.78. The van der Waals surface area contributed by atoms with Gasteiger partial charge in [-0.3, -0.25) is 0 Å². The lowest BCUT2D eigenvalue weighted by atomic mass is 9.50. The fraction of sp³-hybridized carbons (Fsp3) is 0.714. The third-order valence-corrected chi connectivity index (χ3v) is 6.43. The van der Waals surface area contributed by atoms with Gasteiger partial charge in [0.05, 0.1) is 6.61 Å². The minimum absolute atomic E-state index is 0.392. The van der Waals surface area contributed by atoms with Gasteiger partial charge < -0.3 is 9.47 Å². The molecule has 0 spiro atoms. The standard InChI is InChI=1S/C21H30O2/c1-15(2)19-3-5-20(6-4-19)23-14-22-13-21-10-16-7-17(11-21)9-18(8-16)12-21/h3-6,15-18H,7-14H2,1-2H3. The molecule has 0 aliphatic heterocycles. The summed E-state index contributed by atoms with van der Waals surface area (Å²) in [6.45, 7) is 5.72. The van der Waals surface area contributed by atoms with E-state index < -0.39 is 0 Å². The Bertz CT molecular complexity index is 496. The third-order valence-electron chi connectivity index (χ3n) is 6.43. The minimum Gasteiger partial charge on any atom is -0.468 e. The van der Waals surface area contributed by atoms with Crippen molar-refractivity contribution in [2.24, 2.45) is 23.2 Å². The van der Waals surface area contributed by atoms with Crippen LogP contribution in [0.1, 0.15) is 63.9 Å². The van der Waals surface area contributed by atoms with Gasteiger partial charge in [0.15, 0.2) is 6.79 Å². The van der Waals surface area contributed by atoms with E-state index in [0.29, 0.717) is 18.1 Å². The number of hydrogen-bond donors (Lipinski definition) is 0. The van der Waals surface area contributed by atoms with Gasteiger partial charge in [-0.1, -0.05) is 26.0 Å². The Morgan fingerprint density at radius 1 is 0.957 bits per heavy atom. The first-order valence-corrected chi connectivity index (χ1v) is 9.42. The van der Waals surface area contributed by atoms with Crippen molar-refractivity contribution >= 4 is 0 Å². The van der Waals surface area contributed by atoms with E-state index in [4.69, 9.17) is 9.47 Å². The van der Waals surface area contributed by atoms with Gasteiger partial charge in [0.2, 0.25) is 0 Å². The van der Waals surface area contributed by atoms with Crippen LogP contribution in [0.15, 0.2) is 24.3 Å². The molecule has 2 nitrogen and oxygen atoms in total. The normalized spacial score (nSPS) is 35.0. The van der Waals surface area contributed by atoms with Crippen LogP contribution in [0, 0.1) is 23.2 Å². The highest BCUT2D eigenvalue weighted by Gasteiger charge is 2.50. The SMILES string of the molecule is CC(C)c1ccc(OCOCC23CC4CC(CC(C4)C2)C3)cc1. The average molecular weight is 314 g/mol. The highest BCUT2D eigenvalue weighted by atomic mass is 16.7. The molecule has 4 bridgehead atoms. The molecular weight excluding hydrogens is 284 g/mol. The van der Waals surface area contributed by atoms with Crippen molar-refractivity contribution < 1.29 is 9.47 Å². The van der Waals surface area contributed by atoms with Crippen LogP contribution >= 0.6 is 0 Å². The summed E-state index contributed by atoms with van der Waals surface area (Å²) in [5, 5.41) is 0. The van der Waals surface area contributed by atoms with E-state index in [2.05, 4.69) is 38.1 Å². The topological polar surface area (TPSA) is 18.5 Å². The Hall–Kier alpha value is -1.02. The quantitative estimate of drug-likeness (QED) is 0.518. The lowest BCUT2D eigenvalue weighted by Gasteiger charge is -2.56. The van der Waals surface area contributed by atoms with Crippen molar-refractivity contribution in [1.82, 2.24) is 0 Å². The van der Waals surface area contributed by atoms with E-state index >= 15 is 0 Å². The first kappa shape index (κ1) is 15.5. The van der Waals surface area contributed by atoms with Gasteiger partial charge in [0.25, 0.3) is 0 Å². The van der Waals surface area contributed by atoms with Crippen LogP contribution in [-0.2, 0) is 4.74 Å². The number of rotatable bonds is 6. The maximum Gasteiger partial charge on any atom is 0.189 e. The van der Waals surface area contributed by atoms with Crippen molar-refractivity contribution in [1.29, 1.82) is 0 Å². The second-order valence-electron chi connectivity index (χ2n) is 8.75. The zero-order valence-corrected chi connectivity index (χ0v) is 14.6. The molecule has 2 heteroatoms. The van der Waals surface area contributed by atoms with Gasteiger partial charge in [-0.05, 0) is 85.3 Å². The molecule has 0 heterocycles. The summed E-state index contributed by atoms with van der Waals surface area (Å²) in [6.07, 6.45) is 8.71. The molecule has 0 amide bonds. The van der Waals surface area contributed by atoms with E-state index in [1.165, 1.54) is 44.1 Å². The lowest BCUT2D eigenvalue weighted by Crippen LogP contribution is -2.48. The first-order chi connectivity index (χ1) is 11.1. The van der Waals surface area contributed by atoms with E-state index in [1.54, 1.807) is 0 Å². The van der Waals surface area contributed by atoms with E-state index in [0.717, 1.165) is 30.1 Å². The van der Waals surface area contributed by atoms with Gasteiger partial charge >= 0.3 is 0 Å². The molecule has 23 heavy (non-hydrogen) atoms. The highest BCUT2D eigenvalue weighted by Crippen LogP contribution is 2.60. The largest absolute Gasteiger partial charge is 0.468 e. The maximum atomic E-state index is 5.98. The van der Waals surface area contributed by atoms with Crippen LogP contribution in [0.2, 0.25) is 0 Å². The van der Waals surface area contributed by atoms with Crippen LogP contribution in [0.25, 0.3) is 0 Å². The van der Waals surface area contributed by atoms with Gasteiger partial charge in [0, 0.05) is 0 Å². The first-order valence-electron chi connectivity index (χ1n) is 9.42. The predicted octanol–water partition coefficient (Wildman–Crippen LogP) is 5.38. The summed E-state index contributed by atoms with van der Waals surface area (Å²) >= 11 is 0. The Kier molecular flexibility index (Phi) is 4.13. The summed E-state index contributed by atoms with van der Waals surface area (Å²) in [5.41, 5.74) is 1.84. The maximum absolute atomic E-state index is 5.98. The molecule has 0 atom stereocenters. The zero-order valence-electron chi connectivity index (χ0n) is 14.6. The Morgan fingerprint density at radius 3 is 2.04 bits per heavy atom. The second kappa shape index (κ2) is 6.12. The molecule has 5 rings (SSSR count). The van der Waals surface area contributed by atoms with Crippen molar-refractivity contribution in [2.75, 3.05) is 13.4 Å². The Labute approximate surface area is 140 Å². The summed E-state index contributed by atoms with van der Waals surface area (Å²) < 4.78 is 11.8. The number of hydrogen-bond acceptors (Lipinski definition) is 2. The van der Waals surface area contributed by atoms with Gasteiger partial charge in [-0.15, -0.1) is 0 Å². The number of benzene rings is 1. The lowest BCUT2D eigenvalue weighted by molar-refractivity contribution is -0.116. The van der Waals surface area contributed by atoms with Gasteiger partial charge in [-0.25, -0.2) is 0 Å². The predicted molar refractivity (Wildman–Crippen MR) is 92.6 cm³/mol. The van der Waals surface area contributed by atoms with Crippen LogP contribution in [0.3, 0.4) is 0 Å². The number of ether oxygens (including phenoxy) is 2. The molecule has 4 aliphatic rings. The molecule has 0 N–H and O–H groups in total. The third kappa shape index (κ3) is 3.28. The van der Waals surface area contributed by atoms with E-state index in [9.17, 15) is 0 Å². The van der Waals surface area contributed by atoms with Gasteiger partial charge in [0.1, 0.15) is 5.75 Å². The highest BCUT2D eigenvalue weighted by molar-refractivity contribution is 5.28. The molecule has 0 radical (unpaired) electrons. The summed E-state index contributed by atoms with van der Waals surface area (Å²) in [4.78, 5) is 0. The molecule has 1 aromatic rings. The monoisotopic (exact) mass is 314 g/mol. The average Bonchev–Trinajstić information content (AvgIpc) is 2.51. The molecule has 1 aromatic carbocycles. The van der Waals surface area contributed by atoms with Crippen LogP contribution in [0.4, 0.5) is 0 Å². The zero-order chi connectivity index (χ0) is 15.9. The van der Waals surface area contributed by atoms with Crippen LogP contribution in [-0.4, -0.2) is 13.4 Å². The van der Waals surface area contributed by atoms with E-state index in [-0.39, 0.29) is 0 Å². The molecular formula is C21H30O2. The molecule has 4 fully saturated rings. The smallest absolute Gasteiger partial charge is 0.189 e. The van der Waals surface area contributed by atoms with Crippen molar-refractivity contribution in [3.05, 3.63) is 29.8 Å². The van der Waals surface area contributed by atoms with Crippen molar-refractivity contribution in [3.8, 4) is 5.75 Å².